The van der Waals surface area contributed by atoms with Gasteiger partial charge in [0.15, 0.2) is 0 Å². The predicted molar refractivity (Wildman–Crippen MR) is 54.8 cm³/mol. The SMILES string of the molecule is C=C=C=C.C=Cc1ccccc1. The van der Waals surface area contributed by atoms with Crippen molar-refractivity contribution in [3.8, 4) is 0 Å². The van der Waals surface area contributed by atoms with E-state index in [1.54, 1.807) is 0 Å². The van der Waals surface area contributed by atoms with Gasteiger partial charge in [0.05, 0.1) is 0 Å². The first kappa shape index (κ1) is 10.3. The lowest BCUT2D eigenvalue weighted by Gasteiger charge is -1.85. The van der Waals surface area contributed by atoms with E-state index < -0.39 is 0 Å². The lowest BCUT2D eigenvalue weighted by Crippen LogP contribution is -1.63. The van der Waals surface area contributed by atoms with Gasteiger partial charge in [-0.25, -0.2) is 0 Å². The topological polar surface area (TPSA) is 0 Å². The molecule has 0 unspecified atom stereocenters. The van der Waals surface area contributed by atoms with E-state index in [0.717, 1.165) is 0 Å². The summed E-state index contributed by atoms with van der Waals surface area (Å²) in [5.41, 5.74) is 5.81. The van der Waals surface area contributed by atoms with Crippen LogP contribution in [0.5, 0.6) is 0 Å². The third-order valence-electron chi connectivity index (χ3n) is 1.16. The molecule has 0 nitrogen and oxygen atoms in total. The summed E-state index contributed by atoms with van der Waals surface area (Å²) >= 11 is 0. The Kier molecular flexibility index (Phi) is 6.30. The standard InChI is InChI=1S/C8H8.C4H4/c1-2-8-6-4-3-5-7-8;1-3-4-2/h2-7H,1H2;1-2H2. The van der Waals surface area contributed by atoms with Crippen LogP contribution in [0.2, 0.25) is 0 Å². The second kappa shape index (κ2) is 7.37. The predicted octanol–water partition coefficient (Wildman–Crippen LogP) is 3.44. The summed E-state index contributed by atoms with van der Waals surface area (Å²) in [6, 6.07) is 10.0. The number of benzene rings is 1. The van der Waals surface area contributed by atoms with E-state index in [1.165, 1.54) is 5.56 Å². The normalized spacial score (nSPS) is 6.67. The molecule has 0 spiro atoms. The molecule has 60 valence electrons. The highest BCUT2D eigenvalue weighted by atomic mass is 13.8. The van der Waals surface area contributed by atoms with Crippen LogP contribution in [-0.2, 0) is 0 Å². The van der Waals surface area contributed by atoms with Gasteiger partial charge in [-0.15, -0.1) is 0 Å². The number of hydrogen-bond donors (Lipinski definition) is 0. The Hall–Kier alpha value is -1.74. The van der Waals surface area contributed by atoms with Crippen molar-refractivity contribution >= 4 is 6.08 Å². The molecule has 1 aromatic carbocycles. The highest BCUT2D eigenvalue weighted by Crippen LogP contribution is 1.97. The van der Waals surface area contributed by atoms with Crippen LogP contribution in [0.3, 0.4) is 0 Å². The van der Waals surface area contributed by atoms with E-state index in [2.05, 4.69) is 31.2 Å². The van der Waals surface area contributed by atoms with Crippen molar-refractivity contribution < 1.29 is 0 Å². The average molecular weight is 156 g/mol. The summed E-state index contributed by atoms with van der Waals surface area (Å²) in [7, 11) is 0. The van der Waals surface area contributed by atoms with Crippen LogP contribution in [0, 0.1) is 0 Å². The molecule has 0 amide bonds. The van der Waals surface area contributed by atoms with Crippen molar-refractivity contribution in [2.24, 2.45) is 0 Å². The minimum absolute atomic E-state index is 1.17. The molecule has 0 heteroatoms. The second-order valence-electron chi connectivity index (χ2n) is 1.97. The van der Waals surface area contributed by atoms with Gasteiger partial charge in [0.1, 0.15) is 0 Å². The van der Waals surface area contributed by atoms with E-state index in [4.69, 9.17) is 0 Å². The van der Waals surface area contributed by atoms with Crippen LogP contribution in [0.25, 0.3) is 6.08 Å². The van der Waals surface area contributed by atoms with Crippen LogP contribution in [-0.4, -0.2) is 0 Å². The van der Waals surface area contributed by atoms with Crippen molar-refractivity contribution in [2.75, 3.05) is 0 Å². The Morgan fingerprint density at radius 3 is 1.75 bits per heavy atom. The van der Waals surface area contributed by atoms with E-state index >= 15 is 0 Å². The van der Waals surface area contributed by atoms with E-state index in [1.807, 2.05) is 36.4 Å². The maximum atomic E-state index is 3.63. The van der Waals surface area contributed by atoms with Crippen LogP contribution in [0.15, 0.2) is 61.5 Å². The van der Waals surface area contributed by atoms with Gasteiger partial charge in [0.25, 0.3) is 0 Å². The lowest BCUT2D eigenvalue weighted by atomic mass is 10.2. The molecule has 0 atom stereocenters. The summed E-state index contributed by atoms with van der Waals surface area (Å²) in [6.45, 7) is 9.99. The molecule has 0 bridgehead atoms. The molecule has 1 rings (SSSR count). The van der Waals surface area contributed by atoms with Gasteiger partial charge in [-0.3, -0.25) is 0 Å². The third kappa shape index (κ3) is 5.08. The van der Waals surface area contributed by atoms with Crippen LogP contribution >= 0.6 is 0 Å². The molecule has 0 heterocycles. The maximum absolute atomic E-state index is 3.63. The van der Waals surface area contributed by atoms with Crippen LogP contribution in [0.4, 0.5) is 0 Å². The van der Waals surface area contributed by atoms with Crippen molar-refractivity contribution in [1.29, 1.82) is 0 Å². The fourth-order valence-corrected chi connectivity index (χ4v) is 0.589. The molecule has 0 aliphatic rings. The van der Waals surface area contributed by atoms with Gasteiger partial charge in [-0.05, 0) is 18.7 Å². The Bertz CT molecular complexity index is 273. The molecule has 1 aromatic rings. The first-order valence-corrected chi connectivity index (χ1v) is 3.56. The molecule has 0 N–H and O–H groups in total. The fraction of sp³-hybridized carbons (Fsp3) is 0. The van der Waals surface area contributed by atoms with Crippen molar-refractivity contribution in [3.05, 3.63) is 67.1 Å². The molecule has 0 radical (unpaired) electrons. The first-order valence-electron chi connectivity index (χ1n) is 3.56. The smallest absolute Gasteiger partial charge is 0.0263 e. The largest absolute Gasteiger partial charge is 0.0985 e. The summed E-state index contributed by atoms with van der Waals surface area (Å²) in [5.74, 6) is 0. The third-order valence-corrected chi connectivity index (χ3v) is 1.16. The zero-order valence-corrected chi connectivity index (χ0v) is 7.09. The molecular formula is C12H12. The molecule has 0 saturated carbocycles. The van der Waals surface area contributed by atoms with Gasteiger partial charge >= 0.3 is 0 Å². The molecule has 0 fully saturated rings. The molecule has 0 aliphatic heterocycles. The molecule has 0 aliphatic carbocycles. The minimum atomic E-state index is 1.17. The zero-order valence-electron chi connectivity index (χ0n) is 7.09. The van der Waals surface area contributed by atoms with E-state index in [0.29, 0.717) is 0 Å². The monoisotopic (exact) mass is 156 g/mol. The molecular weight excluding hydrogens is 144 g/mol. The fourth-order valence-electron chi connectivity index (χ4n) is 0.589. The highest BCUT2D eigenvalue weighted by molar-refractivity contribution is 5.45. The lowest BCUT2D eigenvalue weighted by molar-refractivity contribution is 1.67. The summed E-state index contributed by atoms with van der Waals surface area (Å²) in [4.78, 5) is 0. The number of rotatable bonds is 1. The van der Waals surface area contributed by atoms with E-state index in [-0.39, 0.29) is 0 Å². The zero-order chi connectivity index (χ0) is 9.23. The van der Waals surface area contributed by atoms with Gasteiger partial charge in [-0.2, -0.15) is 0 Å². The van der Waals surface area contributed by atoms with Crippen molar-refractivity contribution in [1.82, 2.24) is 0 Å². The first-order chi connectivity index (χ1) is 5.85. The van der Waals surface area contributed by atoms with Crippen LogP contribution in [0.1, 0.15) is 5.56 Å². The Labute approximate surface area is 73.9 Å². The van der Waals surface area contributed by atoms with Crippen molar-refractivity contribution in [2.45, 2.75) is 0 Å². The number of hydrogen-bond acceptors (Lipinski definition) is 0. The Morgan fingerprint density at radius 2 is 1.50 bits per heavy atom. The summed E-state index contributed by atoms with van der Waals surface area (Å²) < 4.78 is 0. The molecule has 0 saturated heterocycles. The van der Waals surface area contributed by atoms with Gasteiger partial charge in [0.2, 0.25) is 0 Å². The average Bonchev–Trinajstić information content (AvgIpc) is 2.19. The summed E-state index contributed by atoms with van der Waals surface area (Å²) in [5, 5.41) is 0. The Balaban J connectivity index is 0.000000261. The maximum Gasteiger partial charge on any atom is -0.0263 e. The van der Waals surface area contributed by atoms with Gasteiger partial charge < -0.3 is 0 Å². The van der Waals surface area contributed by atoms with Crippen molar-refractivity contribution in [3.63, 3.8) is 0 Å². The molecule has 12 heavy (non-hydrogen) atoms. The van der Waals surface area contributed by atoms with Crippen LogP contribution < -0.4 is 0 Å². The van der Waals surface area contributed by atoms with Gasteiger partial charge in [-0.1, -0.05) is 54.4 Å². The van der Waals surface area contributed by atoms with E-state index in [9.17, 15) is 0 Å². The molecule has 0 aromatic heterocycles. The second-order valence-corrected chi connectivity index (χ2v) is 1.97. The quantitative estimate of drug-likeness (QED) is 0.546. The highest BCUT2D eigenvalue weighted by Gasteiger charge is 1.75. The Morgan fingerprint density at radius 1 is 1.00 bits per heavy atom. The summed E-state index contributed by atoms with van der Waals surface area (Å²) in [6.07, 6.45) is 1.83. The van der Waals surface area contributed by atoms with Gasteiger partial charge in [0, 0.05) is 0 Å². The minimum Gasteiger partial charge on any atom is -0.0985 e.